The summed E-state index contributed by atoms with van der Waals surface area (Å²) in [6, 6.07) is 11.2. The van der Waals surface area contributed by atoms with Crippen molar-refractivity contribution >= 4 is 29.2 Å². The van der Waals surface area contributed by atoms with Gasteiger partial charge >= 0.3 is 6.03 Å². The van der Waals surface area contributed by atoms with Gasteiger partial charge in [-0.25, -0.2) is 9.18 Å². The van der Waals surface area contributed by atoms with E-state index in [-0.39, 0.29) is 18.5 Å². The van der Waals surface area contributed by atoms with Gasteiger partial charge in [-0.3, -0.25) is 4.79 Å². The molecule has 3 N–H and O–H groups in total. The SMILES string of the molecule is CNC(=O)Nc1ccc(C2(C(=O)NCc3ccc(F)cc3Cl)CCC2)cc1. The second-order valence-electron chi connectivity index (χ2n) is 6.64. The van der Waals surface area contributed by atoms with Gasteiger partial charge in [0.1, 0.15) is 5.82 Å². The Morgan fingerprint density at radius 2 is 1.85 bits per heavy atom. The largest absolute Gasteiger partial charge is 0.351 e. The van der Waals surface area contributed by atoms with E-state index in [1.165, 1.54) is 12.1 Å². The maximum absolute atomic E-state index is 13.2. The molecule has 2 aromatic carbocycles. The highest BCUT2D eigenvalue weighted by atomic mass is 35.5. The molecule has 27 heavy (non-hydrogen) atoms. The summed E-state index contributed by atoms with van der Waals surface area (Å²) >= 11 is 6.03. The average molecular weight is 390 g/mol. The maximum atomic E-state index is 13.2. The van der Waals surface area contributed by atoms with Gasteiger partial charge in [0.05, 0.1) is 5.41 Å². The summed E-state index contributed by atoms with van der Waals surface area (Å²) in [6.07, 6.45) is 2.50. The average Bonchev–Trinajstić information content (AvgIpc) is 2.61. The lowest BCUT2D eigenvalue weighted by atomic mass is 9.63. The van der Waals surface area contributed by atoms with E-state index in [4.69, 9.17) is 11.6 Å². The number of carbonyl (C=O) groups is 2. The molecule has 1 saturated carbocycles. The van der Waals surface area contributed by atoms with Crippen molar-refractivity contribution in [3.05, 3.63) is 64.4 Å². The van der Waals surface area contributed by atoms with Gasteiger partial charge < -0.3 is 16.0 Å². The summed E-state index contributed by atoms with van der Waals surface area (Å²) in [5, 5.41) is 8.41. The number of hydrogen-bond acceptors (Lipinski definition) is 2. The van der Waals surface area contributed by atoms with Gasteiger partial charge in [-0.1, -0.05) is 36.2 Å². The second kappa shape index (κ2) is 7.96. The first-order valence-electron chi connectivity index (χ1n) is 8.76. The summed E-state index contributed by atoms with van der Waals surface area (Å²) in [7, 11) is 1.55. The van der Waals surface area contributed by atoms with Crippen LogP contribution in [0.15, 0.2) is 42.5 Å². The molecule has 7 heteroatoms. The molecule has 0 saturated heterocycles. The van der Waals surface area contributed by atoms with Gasteiger partial charge in [0.25, 0.3) is 0 Å². The molecule has 0 unspecified atom stereocenters. The Labute approximate surface area is 162 Å². The topological polar surface area (TPSA) is 70.2 Å². The molecule has 0 radical (unpaired) electrons. The van der Waals surface area contributed by atoms with Crippen molar-refractivity contribution in [2.75, 3.05) is 12.4 Å². The van der Waals surface area contributed by atoms with Crippen LogP contribution in [0.3, 0.4) is 0 Å². The number of nitrogens with one attached hydrogen (secondary N) is 3. The Bertz CT molecular complexity index is 851. The van der Waals surface area contributed by atoms with Crippen LogP contribution >= 0.6 is 11.6 Å². The molecule has 0 aromatic heterocycles. The fraction of sp³-hybridized carbons (Fsp3) is 0.300. The summed E-state index contributed by atoms with van der Waals surface area (Å²) in [6.45, 7) is 0.246. The molecule has 0 spiro atoms. The quantitative estimate of drug-likeness (QED) is 0.724. The minimum atomic E-state index is -0.571. The normalized spacial score (nSPS) is 14.8. The lowest BCUT2D eigenvalue weighted by Gasteiger charge is -2.40. The van der Waals surface area contributed by atoms with Crippen molar-refractivity contribution in [3.8, 4) is 0 Å². The van der Waals surface area contributed by atoms with Crippen LogP contribution < -0.4 is 16.0 Å². The highest BCUT2D eigenvalue weighted by molar-refractivity contribution is 6.31. The molecule has 1 aliphatic carbocycles. The van der Waals surface area contributed by atoms with E-state index in [9.17, 15) is 14.0 Å². The molecular formula is C20H21ClFN3O2. The first kappa shape index (κ1) is 19.2. The third kappa shape index (κ3) is 4.06. The highest BCUT2D eigenvalue weighted by Gasteiger charge is 2.45. The van der Waals surface area contributed by atoms with Crippen molar-refractivity contribution in [2.24, 2.45) is 0 Å². The third-order valence-electron chi connectivity index (χ3n) is 5.02. The fourth-order valence-electron chi connectivity index (χ4n) is 3.25. The minimum Gasteiger partial charge on any atom is -0.351 e. The van der Waals surface area contributed by atoms with E-state index >= 15 is 0 Å². The molecule has 1 aliphatic rings. The van der Waals surface area contributed by atoms with E-state index in [2.05, 4.69) is 16.0 Å². The predicted molar refractivity (Wildman–Crippen MR) is 103 cm³/mol. The minimum absolute atomic E-state index is 0.0684. The standard InChI is InChI=1S/C20H21ClFN3O2/c1-23-19(27)25-16-7-4-14(5-8-16)20(9-2-10-20)18(26)24-12-13-3-6-15(22)11-17(13)21/h3-8,11H,2,9-10,12H2,1H3,(H,24,26)(H2,23,25,27). The number of hydrogen-bond donors (Lipinski definition) is 3. The fourth-order valence-corrected chi connectivity index (χ4v) is 3.49. The second-order valence-corrected chi connectivity index (χ2v) is 7.04. The Hall–Kier alpha value is -2.60. The molecule has 3 rings (SSSR count). The van der Waals surface area contributed by atoms with Crippen LogP contribution in [0.4, 0.5) is 14.9 Å². The Morgan fingerprint density at radius 1 is 1.15 bits per heavy atom. The zero-order chi connectivity index (χ0) is 19.4. The van der Waals surface area contributed by atoms with E-state index in [0.29, 0.717) is 16.3 Å². The molecule has 0 heterocycles. The highest BCUT2D eigenvalue weighted by Crippen LogP contribution is 2.44. The Morgan fingerprint density at radius 3 is 2.41 bits per heavy atom. The number of benzene rings is 2. The monoisotopic (exact) mass is 389 g/mol. The molecule has 0 aliphatic heterocycles. The van der Waals surface area contributed by atoms with Gasteiger partial charge in [0, 0.05) is 24.3 Å². The third-order valence-corrected chi connectivity index (χ3v) is 5.37. The van der Waals surface area contributed by atoms with Crippen LogP contribution in [0.5, 0.6) is 0 Å². The van der Waals surface area contributed by atoms with Crippen LogP contribution in [0.1, 0.15) is 30.4 Å². The molecule has 3 amide bonds. The van der Waals surface area contributed by atoms with Gasteiger partial charge in [0.15, 0.2) is 0 Å². The lowest BCUT2D eigenvalue weighted by Crippen LogP contribution is -2.49. The molecule has 5 nitrogen and oxygen atoms in total. The van der Waals surface area contributed by atoms with Gasteiger partial charge in [-0.2, -0.15) is 0 Å². The molecule has 142 valence electrons. The van der Waals surface area contributed by atoms with Crippen LogP contribution in [-0.4, -0.2) is 19.0 Å². The zero-order valence-corrected chi connectivity index (χ0v) is 15.7. The number of urea groups is 1. The number of rotatable bonds is 5. The molecule has 1 fully saturated rings. The van der Waals surface area contributed by atoms with Crippen LogP contribution in [0.2, 0.25) is 5.02 Å². The summed E-state index contributed by atoms with van der Waals surface area (Å²) < 4.78 is 13.2. The van der Waals surface area contributed by atoms with Crippen molar-refractivity contribution < 1.29 is 14.0 Å². The Balaban J connectivity index is 1.70. The van der Waals surface area contributed by atoms with E-state index in [1.54, 1.807) is 25.2 Å². The lowest BCUT2D eigenvalue weighted by molar-refractivity contribution is -0.130. The predicted octanol–water partition coefficient (Wildman–Crippen LogP) is 3.97. The first-order valence-corrected chi connectivity index (χ1v) is 9.14. The van der Waals surface area contributed by atoms with Gasteiger partial charge in [-0.15, -0.1) is 0 Å². The van der Waals surface area contributed by atoms with Crippen LogP contribution in [-0.2, 0) is 16.8 Å². The van der Waals surface area contributed by atoms with E-state index < -0.39 is 11.2 Å². The van der Waals surface area contributed by atoms with Gasteiger partial charge in [-0.05, 0) is 48.2 Å². The first-order chi connectivity index (χ1) is 12.9. The number of carbonyl (C=O) groups excluding carboxylic acids is 2. The van der Waals surface area contributed by atoms with Crippen molar-refractivity contribution in [2.45, 2.75) is 31.2 Å². The smallest absolute Gasteiger partial charge is 0.318 e. The summed E-state index contributed by atoms with van der Waals surface area (Å²) in [4.78, 5) is 24.3. The van der Waals surface area contributed by atoms with Crippen molar-refractivity contribution in [1.29, 1.82) is 0 Å². The molecule has 0 atom stereocenters. The summed E-state index contributed by atoms with van der Waals surface area (Å²) in [5.41, 5.74) is 1.67. The number of halogens is 2. The Kier molecular flexibility index (Phi) is 5.65. The maximum Gasteiger partial charge on any atom is 0.318 e. The van der Waals surface area contributed by atoms with E-state index in [1.807, 2.05) is 12.1 Å². The summed E-state index contributed by atoms with van der Waals surface area (Å²) in [5.74, 6) is -0.475. The van der Waals surface area contributed by atoms with Crippen molar-refractivity contribution in [3.63, 3.8) is 0 Å². The van der Waals surface area contributed by atoms with Crippen molar-refractivity contribution in [1.82, 2.24) is 10.6 Å². The molecular weight excluding hydrogens is 369 g/mol. The van der Waals surface area contributed by atoms with Gasteiger partial charge in [0.2, 0.25) is 5.91 Å². The number of anilines is 1. The zero-order valence-electron chi connectivity index (χ0n) is 14.9. The molecule has 0 bridgehead atoms. The van der Waals surface area contributed by atoms with Crippen LogP contribution in [0.25, 0.3) is 0 Å². The molecule has 2 aromatic rings. The van der Waals surface area contributed by atoms with Crippen LogP contribution in [0, 0.1) is 5.82 Å². The van der Waals surface area contributed by atoms with E-state index in [0.717, 1.165) is 24.8 Å². The number of amides is 3.